The van der Waals surface area contributed by atoms with Gasteiger partial charge in [0.05, 0.1) is 12.8 Å². The monoisotopic (exact) mass is 308 g/mol. The lowest BCUT2D eigenvalue weighted by atomic mass is 10.2. The predicted octanol–water partition coefficient (Wildman–Crippen LogP) is 1.92. The minimum Gasteiger partial charge on any atom is -0.497 e. The molecule has 1 aromatic carbocycles. The van der Waals surface area contributed by atoms with E-state index in [4.69, 9.17) is 14.2 Å². The second-order valence-electron chi connectivity index (χ2n) is 5.86. The van der Waals surface area contributed by atoms with E-state index >= 15 is 0 Å². The molecule has 0 saturated carbocycles. The molecule has 22 heavy (non-hydrogen) atoms. The lowest BCUT2D eigenvalue weighted by Gasteiger charge is -2.22. The van der Waals surface area contributed by atoms with Gasteiger partial charge in [-0.25, -0.2) is 4.79 Å². The largest absolute Gasteiger partial charge is 0.497 e. The molecule has 1 aliphatic heterocycles. The maximum atomic E-state index is 12.1. The Balaban J connectivity index is 2.06. The molecule has 120 valence electrons. The van der Waals surface area contributed by atoms with Crippen LogP contribution in [0.15, 0.2) is 18.2 Å². The van der Waals surface area contributed by atoms with E-state index in [1.807, 2.05) is 0 Å². The number of benzene rings is 1. The van der Waals surface area contributed by atoms with Crippen LogP contribution >= 0.6 is 0 Å². The first-order chi connectivity index (χ1) is 10.3. The molecule has 0 radical (unpaired) electrons. The molecule has 1 aliphatic rings. The molecule has 0 bridgehead atoms. The average molecular weight is 308 g/mol. The number of alkyl carbamates (subject to hydrolysis) is 1. The normalized spacial score (nSPS) is 17.5. The summed E-state index contributed by atoms with van der Waals surface area (Å²) >= 11 is 0. The molecule has 2 N–H and O–H groups in total. The summed E-state index contributed by atoms with van der Waals surface area (Å²) in [6, 6.07) is 4.23. The highest BCUT2D eigenvalue weighted by atomic mass is 16.6. The van der Waals surface area contributed by atoms with Crippen LogP contribution in [0.3, 0.4) is 0 Å². The maximum absolute atomic E-state index is 12.1. The SMILES string of the molecule is COc1ccc2c(c1)OCC(NC(=O)OC(C)(C)C)C(=O)N2. The van der Waals surface area contributed by atoms with Crippen molar-refractivity contribution in [3.05, 3.63) is 18.2 Å². The summed E-state index contributed by atoms with van der Waals surface area (Å²) < 4.78 is 15.8. The Labute approximate surface area is 128 Å². The lowest BCUT2D eigenvalue weighted by Crippen LogP contribution is -2.48. The van der Waals surface area contributed by atoms with Gasteiger partial charge in [0.25, 0.3) is 5.91 Å². The third kappa shape index (κ3) is 4.03. The van der Waals surface area contributed by atoms with E-state index in [0.29, 0.717) is 17.2 Å². The van der Waals surface area contributed by atoms with Gasteiger partial charge in [-0.3, -0.25) is 4.79 Å². The molecule has 0 saturated heterocycles. The third-order valence-electron chi connectivity index (χ3n) is 2.86. The molecule has 0 aromatic heterocycles. The number of hydrogen-bond acceptors (Lipinski definition) is 5. The van der Waals surface area contributed by atoms with E-state index in [1.54, 1.807) is 46.1 Å². The Hall–Kier alpha value is -2.44. The van der Waals surface area contributed by atoms with E-state index in [-0.39, 0.29) is 12.5 Å². The first-order valence-corrected chi connectivity index (χ1v) is 6.90. The van der Waals surface area contributed by atoms with Gasteiger partial charge >= 0.3 is 6.09 Å². The minimum atomic E-state index is -0.840. The van der Waals surface area contributed by atoms with Crippen LogP contribution in [0.1, 0.15) is 20.8 Å². The van der Waals surface area contributed by atoms with Gasteiger partial charge in [-0.2, -0.15) is 0 Å². The smallest absolute Gasteiger partial charge is 0.408 e. The van der Waals surface area contributed by atoms with Crippen molar-refractivity contribution in [2.45, 2.75) is 32.4 Å². The molecule has 0 fully saturated rings. The van der Waals surface area contributed by atoms with Gasteiger partial charge in [0, 0.05) is 6.07 Å². The molecule has 0 aliphatic carbocycles. The number of methoxy groups -OCH3 is 1. The number of carbonyl (C=O) groups excluding carboxylic acids is 2. The van der Waals surface area contributed by atoms with Crippen molar-refractivity contribution in [2.75, 3.05) is 19.0 Å². The van der Waals surface area contributed by atoms with Crippen LogP contribution in [-0.4, -0.2) is 37.4 Å². The molecule has 2 amide bonds. The van der Waals surface area contributed by atoms with Gasteiger partial charge in [0.15, 0.2) is 0 Å². The molecule has 7 nitrogen and oxygen atoms in total. The summed E-state index contributed by atoms with van der Waals surface area (Å²) in [5.74, 6) is 0.738. The molecule has 1 aromatic rings. The zero-order chi connectivity index (χ0) is 16.3. The first-order valence-electron chi connectivity index (χ1n) is 6.90. The standard InChI is InChI=1S/C15H20N2O5/c1-15(2,3)22-14(19)17-11-8-21-12-7-9(20-4)5-6-10(12)16-13(11)18/h5-7,11H,8H2,1-4H3,(H,16,18)(H,17,19). The fraction of sp³-hybridized carbons (Fsp3) is 0.467. The summed E-state index contributed by atoms with van der Waals surface area (Å²) in [5, 5.41) is 5.20. The zero-order valence-electron chi connectivity index (χ0n) is 13.1. The Morgan fingerprint density at radius 1 is 1.41 bits per heavy atom. The van der Waals surface area contributed by atoms with Gasteiger partial charge in [-0.05, 0) is 32.9 Å². The van der Waals surface area contributed by atoms with E-state index in [9.17, 15) is 9.59 Å². The van der Waals surface area contributed by atoms with E-state index in [1.165, 1.54) is 0 Å². The van der Waals surface area contributed by atoms with Crippen LogP contribution in [0.25, 0.3) is 0 Å². The number of fused-ring (bicyclic) bond motifs is 1. The molecule has 1 atom stereocenters. The van der Waals surface area contributed by atoms with Crippen molar-refractivity contribution in [1.29, 1.82) is 0 Å². The van der Waals surface area contributed by atoms with Crippen molar-refractivity contribution in [3.63, 3.8) is 0 Å². The quantitative estimate of drug-likeness (QED) is 0.872. The first kappa shape index (κ1) is 15.9. The second kappa shape index (κ2) is 6.13. The average Bonchev–Trinajstić information content (AvgIpc) is 2.56. The van der Waals surface area contributed by atoms with Crippen LogP contribution in [0.5, 0.6) is 11.5 Å². The number of amides is 2. The third-order valence-corrected chi connectivity index (χ3v) is 2.86. The summed E-state index contributed by atoms with van der Waals surface area (Å²) in [6.07, 6.45) is -0.667. The molecule has 7 heteroatoms. The Morgan fingerprint density at radius 3 is 2.77 bits per heavy atom. The fourth-order valence-corrected chi connectivity index (χ4v) is 1.88. The van der Waals surface area contributed by atoms with Crippen LogP contribution in [0.2, 0.25) is 0 Å². The summed E-state index contributed by atoms with van der Waals surface area (Å²) in [5.41, 5.74) is -0.109. The maximum Gasteiger partial charge on any atom is 0.408 e. The van der Waals surface area contributed by atoms with E-state index < -0.39 is 17.7 Å². The number of rotatable bonds is 2. The fourth-order valence-electron chi connectivity index (χ4n) is 1.88. The highest BCUT2D eigenvalue weighted by molar-refractivity contribution is 5.98. The van der Waals surface area contributed by atoms with Gasteiger partial charge in [0.2, 0.25) is 0 Å². The Kier molecular flexibility index (Phi) is 4.44. The molecule has 0 spiro atoms. The summed E-state index contributed by atoms with van der Waals surface area (Å²) in [4.78, 5) is 23.9. The molecule has 1 unspecified atom stereocenters. The minimum absolute atomic E-state index is 0.00520. The highest BCUT2D eigenvalue weighted by Crippen LogP contribution is 2.31. The van der Waals surface area contributed by atoms with Crippen LogP contribution in [0, 0.1) is 0 Å². The molecular formula is C15H20N2O5. The predicted molar refractivity (Wildman–Crippen MR) is 80.3 cm³/mol. The van der Waals surface area contributed by atoms with Gasteiger partial charge in [-0.15, -0.1) is 0 Å². The molecule has 1 heterocycles. The lowest BCUT2D eigenvalue weighted by molar-refractivity contribution is -0.118. The van der Waals surface area contributed by atoms with E-state index in [2.05, 4.69) is 10.6 Å². The Morgan fingerprint density at radius 2 is 2.14 bits per heavy atom. The molecular weight excluding hydrogens is 288 g/mol. The second-order valence-corrected chi connectivity index (χ2v) is 5.86. The van der Waals surface area contributed by atoms with Crippen molar-refractivity contribution in [2.24, 2.45) is 0 Å². The Bertz CT molecular complexity index is 580. The van der Waals surface area contributed by atoms with Gasteiger partial charge in [-0.1, -0.05) is 0 Å². The number of anilines is 1. The highest BCUT2D eigenvalue weighted by Gasteiger charge is 2.28. The van der Waals surface area contributed by atoms with Crippen LogP contribution in [0.4, 0.5) is 10.5 Å². The van der Waals surface area contributed by atoms with Crippen molar-refractivity contribution in [3.8, 4) is 11.5 Å². The van der Waals surface area contributed by atoms with Crippen LogP contribution in [-0.2, 0) is 9.53 Å². The van der Waals surface area contributed by atoms with Crippen molar-refractivity contribution < 1.29 is 23.8 Å². The topological polar surface area (TPSA) is 85.9 Å². The number of nitrogens with one attached hydrogen (secondary N) is 2. The van der Waals surface area contributed by atoms with E-state index in [0.717, 1.165) is 0 Å². The molecule has 2 rings (SSSR count). The van der Waals surface area contributed by atoms with Gasteiger partial charge < -0.3 is 24.8 Å². The zero-order valence-corrected chi connectivity index (χ0v) is 13.1. The van der Waals surface area contributed by atoms with Crippen molar-refractivity contribution in [1.82, 2.24) is 5.32 Å². The number of ether oxygens (including phenoxy) is 3. The number of carbonyl (C=O) groups is 2. The number of hydrogen-bond donors (Lipinski definition) is 2. The summed E-state index contributed by atoms with van der Waals surface area (Å²) in [7, 11) is 1.55. The van der Waals surface area contributed by atoms with Crippen LogP contribution < -0.4 is 20.1 Å². The van der Waals surface area contributed by atoms with Gasteiger partial charge in [0.1, 0.15) is 29.7 Å². The summed E-state index contributed by atoms with van der Waals surface area (Å²) in [6.45, 7) is 5.25. The van der Waals surface area contributed by atoms with Crippen molar-refractivity contribution >= 4 is 17.7 Å².